The average Bonchev–Trinajstić information content (AvgIpc) is 3.57. The topological polar surface area (TPSA) is 38.9 Å². The fourth-order valence-corrected chi connectivity index (χ4v) is 6.34. The van der Waals surface area contributed by atoms with Gasteiger partial charge in [-0.05, 0) is 29.1 Å². The molecule has 0 unspecified atom stereocenters. The summed E-state index contributed by atoms with van der Waals surface area (Å²) < 4.78 is 6.32. The molecule has 0 atom stereocenters. The van der Waals surface area contributed by atoms with E-state index in [1.807, 2.05) is 24.4 Å². The van der Waals surface area contributed by atoms with Crippen molar-refractivity contribution in [3.63, 3.8) is 0 Å². The highest BCUT2D eigenvalue weighted by molar-refractivity contribution is 7.14. The Morgan fingerprint density at radius 2 is 1.25 bits per heavy atom. The lowest BCUT2D eigenvalue weighted by molar-refractivity contribution is 0.670. The quantitative estimate of drug-likeness (QED) is 0.236. The molecule has 7 aromatic rings. The zero-order valence-corrected chi connectivity index (χ0v) is 19.9. The number of nitrogens with zero attached hydrogens (tertiary/aromatic N) is 2. The van der Waals surface area contributed by atoms with Crippen LogP contribution in [0.2, 0.25) is 0 Å². The molecule has 3 heterocycles. The lowest BCUT2D eigenvalue weighted by Gasteiger charge is -2.20. The van der Waals surface area contributed by atoms with Gasteiger partial charge in [0.1, 0.15) is 11.2 Å². The van der Waals surface area contributed by atoms with Crippen molar-refractivity contribution in [3.05, 3.63) is 109 Å². The third kappa shape index (κ3) is 2.73. The van der Waals surface area contributed by atoms with Gasteiger partial charge in [0, 0.05) is 43.5 Å². The van der Waals surface area contributed by atoms with Gasteiger partial charge < -0.3 is 4.42 Å². The van der Waals surface area contributed by atoms with E-state index in [2.05, 4.69) is 84.2 Å². The Kier molecular flexibility index (Phi) is 4.10. The molecule has 8 rings (SSSR count). The molecular weight excluding hydrogens is 460 g/mol. The Balaban J connectivity index is 1.45. The molecule has 0 N–H and O–H groups in total. The first-order chi connectivity index (χ1) is 17.9. The van der Waals surface area contributed by atoms with Crippen molar-refractivity contribution in [1.29, 1.82) is 0 Å². The van der Waals surface area contributed by atoms with E-state index in [9.17, 15) is 0 Å². The molecule has 4 aromatic carbocycles. The number of para-hydroxylation sites is 2. The maximum absolute atomic E-state index is 6.32. The maximum Gasteiger partial charge on any atom is 0.144 e. The largest absolute Gasteiger partial charge is 0.455 e. The van der Waals surface area contributed by atoms with E-state index in [-0.39, 0.29) is 0 Å². The van der Waals surface area contributed by atoms with E-state index < -0.39 is 0 Å². The van der Waals surface area contributed by atoms with Crippen LogP contribution in [0.1, 0.15) is 0 Å². The fraction of sp³-hybridized carbons (Fsp3) is 0. The SMILES string of the molecule is c1ccc2c(c1)-c1ccsc1-c1ccccc1-c1ncc(-c3cccc4c3oc3ccccc34)nc1-2. The van der Waals surface area contributed by atoms with E-state index in [4.69, 9.17) is 14.4 Å². The molecule has 0 aliphatic heterocycles. The summed E-state index contributed by atoms with van der Waals surface area (Å²) in [6.07, 6.45) is 1.89. The Bertz CT molecular complexity index is 1960. The van der Waals surface area contributed by atoms with E-state index in [0.29, 0.717) is 0 Å². The van der Waals surface area contributed by atoms with Crippen LogP contribution in [-0.2, 0) is 0 Å². The predicted octanol–water partition coefficient (Wildman–Crippen LogP) is 9.09. The number of benzene rings is 4. The number of thiophene rings is 1. The monoisotopic (exact) mass is 478 g/mol. The lowest BCUT2D eigenvalue weighted by atomic mass is 9.88. The molecule has 1 aliphatic carbocycles. The Morgan fingerprint density at radius 1 is 0.556 bits per heavy atom. The van der Waals surface area contributed by atoms with E-state index >= 15 is 0 Å². The smallest absolute Gasteiger partial charge is 0.144 e. The van der Waals surface area contributed by atoms with Crippen molar-refractivity contribution in [2.75, 3.05) is 0 Å². The summed E-state index contributed by atoms with van der Waals surface area (Å²) in [5, 5.41) is 4.37. The van der Waals surface area contributed by atoms with Gasteiger partial charge in [-0.3, -0.25) is 4.98 Å². The molecule has 0 saturated heterocycles. The van der Waals surface area contributed by atoms with Crippen molar-refractivity contribution in [2.24, 2.45) is 0 Å². The number of rotatable bonds is 1. The third-order valence-electron chi connectivity index (χ3n) is 7.02. The van der Waals surface area contributed by atoms with Gasteiger partial charge in [-0.2, -0.15) is 0 Å². The van der Waals surface area contributed by atoms with Crippen LogP contribution < -0.4 is 0 Å². The zero-order chi connectivity index (χ0) is 23.6. The van der Waals surface area contributed by atoms with Gasteiger partial charge in [0.2, 0.25) is 0 Å². The number of furan rings is 1. The van der Waals surface area contributed by atoms with Crippen LogP contribution in [0.15, 0.2) is 113 Å². The molecule has 168 valence electrons. The van der Waals surface area contributed by atoms with Crippen LogP contribution in [0.25, 0.3) is 77.3 Å². The van der Waals surface area contributed by atoms with Crippen molar-refractivity contribution in [2.45, 2.75) is 0 Å². The number of aromatic nitrogens is 2. The first-order valence-electron chi connectivity index (χ1n) is 11.9. The minimum atomic E-state index is 0.803. The molecule has 1 aliphatic rings. The first-order valence-corrected chi connectivity index (χ1v) is 12.8. The van der Waals surface area contributed by atoms with Gasteiger partial charge in [-0.1, -0.05) is 78.9 Å². The second kappa shape index (κ2) is 7.48. The first kappa shape index (κ1) is 19.7. The minimum Gasteiger partial charge on any atom is -0.455 e. The summed E-state index contributed by atoms with van der Waals surface area (Å²) in [7, 11) is 0. The van der Waals surface area contributed by atoms with Crippen LogP contribution in [0.5, 0.6) is 0 Å². The molecular formula is C32H18N2OS. The van der Waals surface area contributed by atoms with Crippen LogP contribution in [0.4, 0.5) is 0 Å². The van der Waals surface area contributed by atoms with Crippen molar-refractivity contribution in [3.8, 4) is 55.3 Å². The molecule has 3 nitrogen and oxygen atoms in total. The summed E-state index contributed by atoms with van der Waals surface area (Å²) in [5.74, 6) is 0. The second-order valence-corrected chi connectivity index (χ2v) is 9.90. The number of fused-ring (bicyclic) bond motifs is 11. The Morgan fingerprint density at radius 3 is 2.14 bits per heavy atom. The average molecular weight is 479 g/mol. The van der Waals surface area contributed by atoms with E-state index in [1.165, 1.54) is 21.6 Å². The van der Waals surface area contributed by atoms with Crippen LogP contribution in [0, 0.1) is 0 Å². The maximum atomic E-state index is 6.32. The normalized spacial score (nSPS) is 11.9. The molecule has 3 aromatic heterocycles. The number of hydrogen-bond donors (Lipinski definition) is 0. The van der Waals surface area contributed by atoms with Crippen molar-refractivity contribution >= 4 is 33.3 Å². The fourth-order valence-electron chi connectivity index (χ4n) is 5.39. The molecule has 0 fully saturated rings. The van der Waals surface area contributed by atoms with Crippen LogP contribution in [0.3, 0.4) is 0 Å². The highest BCUT2D eigenvalue weighted by atomic mass is 32.1. The van der Waals surface area contributed by atoms with Gasteiger partial charge >= 0.3 is 0 Å². The predicted molar refractivity (Wildman–Crippen MR) is 148 cm³/mol. The Labute approximate surface area is 211 Å². The van der Waals surface area contributed by atoms with Crippen LogP contribution >= 0.6 is 11.3 Å². The lowest BCUT2D eigenvalue weighted by Crippen LogP contribution is -2.00. The highest BCUT2D eigenvalue weighted by Crippen LogP contribution is 2.48. The van der Waals surface area contributed by atoms with E-state index in [0.717, 1.165) is 55.7 Å². The molecule has 0 amide bonds. The van der Waals surface area contributed by atoms with Crippen molar-refractivity contribution < 1.29 is 4.42 Å². The molecule has 0 radical (unpaired) electrons. The van der Waals surface area contributed by atoms with Gasteiger partial charge in [-0.25, -0.2) is 4.98 Å². The standard InChI is InChI=1S/C32H18N2OS/c1-2-10-21-19(8-1)25-16-17-36-32(25)24-12-4-3-11-22(24)29-30(21)34-27(18-33-29)26-14-7-13-23-20-9-5-6-15-28(20)35-31(23)26/h1-18H. The summed E-state index contributed by atoms with van der Waals surface area (Å²) in [6, 6.07) is 33.7. The summed E-state index contributed by atoms with van der Waals surface area (Å²) in [5.41, 5.74) is 11.1. The number of hydrogen-bond acceptors (Lipinski definition) is 4. The molecule has 0 bridgehead atoms. The van der Waals surface area contributed by atoms with Gasteiger partial charge in [-0.15, -0.1) is 11.3 Å². The molecule has 4 heteroatoms. The second-order valence-electron chi connectivity index (χ2n) is 8.99. The van der Waals surface area contributed by atoms with Gasteiger partial charge in [0.25, 0.3) is 0 Å². The highest BCUT2D eigenvalue weighted by Gasteiger charge is 2.25. The Hall–Kier alpha value is -4.54. The molecule has 0 saturated carbocycles. The van der Waals surface area contributed by atoms with Crippen LogP contribution in [-0.4, -0.2) is 9.97 Å². The summed E-state index contributed by atoms with van der Waals surface area (Å²) in [4.78, 5) is 11.6. The van der Waals surface area contributed by atoms with Gasteiger partial charge in [0.15, 0.2) is 0 Å². The van der Waals surface area contributed by atoms with Gasteiger partial charge in [0.05, 0.1) is 23.3 Å². The molecule has 36 heavy (non-hydrogen) atoms. The zero-order valence-electron chi connectivity index (χ0n) is 19.1. The molecule has 0 spiro atoms. The minimum absolute atomic E-state index is 0.803. The van der Waals surface area contributed by atoms with Crippen molar-refractivity contribution in [1.82, 2.24) is 9.97 Å². The summed E-state index contributed by atoms with van der Waals surface area (Å²) in [6.45, 7) is 0. The van der Waals surface area contributed by atoms with E-state index in [1.54, 1.807) is 11.3 Å². The summed E-state index contributed by atoms with van der Waals surface area (Å²) >= 11 is 1.77. The third-order valence-corrected chi connectivity index (χ3v) is 7.96.